The van der Waals surface area contributed by atoms with E-state index in [1.165, 1.54) is 7.05 Å². The predicted octanol–water partition coefficient (Wildman–Crippen LogP) is 0.964. The number of guanidine groups is 1. The van der Waals surface area contributed by atoms with E-state index in [9.17, 15) is 9.70 Å². The molecule has 0 aliphatic rings. The van der Waals surface area contributed by atoms with Crippen molar-refractivity contribution in [1.29, 1.82) is 5.41 Å². The molecule has 2 N–H and O–H groups in total. The second-order valence-electron chi connectivity index (χ2n) is 2.77. The van der Waals surface area contributed by atoms with Crippen molar-refractivity contribution in [3.05, 3.63) is 40.8 Å². The van der Waals surface area contributed by atoms with Crippen LogP contribution in [-0.2, 0) is 0 Å². The van der Waals surface area contributed by atoms with Crippen LogP contribution < -0.4 is 5.32 Å². The lowest BCUT2D eigenvalue weighted by Crippen LogP contribution is -2.38. The second kappa shape index (κ2) is 4.85. The molecule has 1 rings (SSSR count). The summed E-state index contributed by atoms with van der Waals surface area (Å²) in [6.45, 7) is 0. The highest BCUT2D eigenvalue weighted by atomic mass is 16.3. The highest BCUT2D eigenvalue weighted by Crippen LogP contribution is 1.97. The number of nitroso groups, excluding NO2 is 1. The van der Waals surface area contributed by atoms with Gasteiger partial charge in [-0.05, 0) is 12.1 Å². The van der Waals surface area contributed by atoms with Crippen molar-refractivity contribution >= 4 is 11.9 Å². The number of benzene rings is 1. The maximum Gasteiger partial charge on any atom is 0.257 e. The van der Waals surface area contributed by atoms with Crippen molar-refractivity contribution in [1.82, 2.24) is 10.3 Å². The van der Waals surface area contributed by atoms with Gasteiger partial charge in [-0.3, -0.25) is 15.5 Å². The minimum Gasteiger partial charge on any atom is -0.291 e. The molecule has 15 heavy (non-hydrogen) atoms. The van der Waals surface area contributed by atoms with Crippen molar-refractivity contribution < 1.29 is 4.79 Å². The largest absolute Gasteiger partial charge is 0.291 e. The second-order valence-corrected chi connectivity index (χ2v) is 2.77. The number of nitrogens with zero attached hydrogens (tertiary/aromatic N) is 2. The summed E-state index contributed by atoms with van der Waals surface area (Å²) in [5, 5.41) is 12.7. The fraction of sp³-hybridized carbons (Fsp3) is 0.111. The molecule has 0 atom stereocenters. The van der Waals surface area contributed by atoms with Gasteiger partial charge < -0.3 is 0 Å². The molecule has 1 aromatic rings. The average Bonchev–Trinajstić information content (AvgIpc) is 2.29. The molecule has 0 heterocycles. The predicted molar refractivity (Wildman–Crippen MR) is 55.2 cm³/mol. The Morgan fingerprint density at radius 2 is 2.00 bits per heavy atom. The summed E-state index contributed by atoms with van der Waals surface area (Å²) >= 11 is 0. The van der Waals surface area contributed by atoms with Crippen molar-refractivity contribution in [2.24, 2.45) is 5.29 Å². The number of carbonyl (C=O) groups excluding carboxylic acids is 1. The van der Waals surface area contributed by atoms with Gasteiger partial charge in [-0.1, -0.05) is 18.2 Å². The van der Waals surface area contributed by atoms with Gasteiger partial charge in [0.05, 0.1) is 5.29 Å². The molecule has 0 aromatic heterocycles. The normalized spacial score (nSPS) is 9.13. The first-order chi connectivity index (χ1) is 7.15. The summed E-state index contributed by atoms with van der Waals surface area (Å²) in [6, 6.07) is 8.41. The Bertz CT molecular complexity index is 377. The van der Waals surface area contributed by atoms with Gasteiger partial charge in [0.25, 0.3) is 5.91 Å². The molecule has 1 aromatic carbocycles. The molecular weight excluding hydrogens is 196 g/mol. The van der Waals surface area contributed by atoms with E-state index in [0.29, 0.717) is 5.56 Å². The van der Waals surface area contributed by atoms with Crippen LogP contribution in [0.1, 0.15) is 10.4 Å². The van der Waals surface area contributed by atoms with E-state index in [1.54, 1.807) is 30.3 Å². The number of rotatable bonds is 2. The molecule has 0 spiro atoms. The molecule has 0 aliphatic heterocycles. The van der Waals surface area contributed by atoms with Crippen molar-refractivity contribution in [3.63, 3.8) is 0 Å². The SMILES string of the molecule is CN(N=O)C(=N)NC(=O)c1ccccc1. The van der Waals surface area contributed by atoms with Gasteiger partial charge in [0.1, 0.15) is 0 Å². The number of hydrogen-bond acceptors (Lipinski definition) is 4. The first-order valence-corrected chi connectivity index (χ1v) is 4.17. The Hall–Kier alpha value is -2.24. The zero-order chi connectivity index (χ0) is 11.3. The third kappa shape index (κ3) is 2.87. The Balaban J connectivity index is 2.65. The van der Waals surface area contributed by atoms with Crippen molar-refractivity contribution in [2.75, 3.05) is 7.05 Å². The van der Waals surface area contributed by atoms with Gasteiger partial charge in [-0.2, -0.15) is 0 Å². The summed E-state index contributed by atoms with van der Waals surface area (Å²) in [7, 11) is 1.28. The number of hydrogen-bond donors (Lipinski definition) is 2. The molecule has 0 radical (unpaired) electrons. The van der Waals surface area contributed by atoms with Crippen molar-refractivity contribution in [2.45, 2.75) is 0 Å². The van der Waals surface area contributed by atoms with Crippen LogP contribution in [0.4, 0.5) is 0 Å². The lowest BCUT2D eigenvalue weighted by Gasteiger charge is -2.10. The van der Waals surface area contributed by atoms with Crippen LogP contribution >= 0.6 is 0 Å². The number of carbonyl (C=O) groups is 1. The maximum absolute atomic E-state index is 11.5. The van der Waals surface area contributed by atoms with Gasteiger partial charge in [-0.15, -0.1) is 4.91 Å². The quantitative estimate of drug-likeness (QED) is 0.327. The van der Waals surface area contributed by atoms with E-state index in [4.69, 9.17) is 5.41 Å². The monoisotopic (exact) mass is 206 g/mol. The highest BCUT2D eigenvalue weighted by molar-refractivity contribution is 6.04. The molecule has 78 valence electrons. The van der Waals surface area contributed by atoms with Crippen LogP contribution in [0.25, 0.3) is 0 Å². The van der Waals surface area contributed by atoms with E-state index >= 15 is 0 Å². The zero-order valence-corrected chi connectivity index (χ0v) is 8.10. The minimum atomic E-state index is -0.448. The van der Waals surface area contributed by atoms with E-state index in [-0.39, 0.29) is 5.96 Å². The van der Waals surface area contributed by atoms with E-state index < -0.39 is 5.91 Å². The molecule has 1 amide bonds. The van der Waals surface area contributed by atoms with Crippen LogP contribution in [0.3, 0.4) is 0 Å². The Morgan fingerprint density at radius 1 is 1.40 bits per heavy atom. The van der Waals surface area contributed by atoms with E-state index in [1.807, 2.05) is 0 Å². The zero-order valence-electron chi connectivity index (χ0n) is 8.10. The topological polar surface area (TPSA) is 85.6 Å². The molecule has 6 nitrogen and oxygen atoms in total. The lowest BCUT2D eigenvalue weighted by molar-refractivity contribution is 0.0972. The van der Waals surface area contributed by atoms with E-state index in [0.717, 1.165) is 5.01 Å². The standard InChI is InChI=1S/C9H10N4O2/c1-13(12-15)9(10)11-8(14)7-5-3-2-4-6-7/h2-6H,1H3,(H2,10,11,14). The summed E-state index contributed by atoms with van der Waals surface area (Å²) in [5.41, 5.74) is 0.418. The van der Waals surface area contributed by atoms with Crippen LogP contribution in [0.5, 0.6) is 0 Å². The number of nitrogens with one attached hydrogen (secondary N) is 2. The smallest absolute Gasteiger partial charge is 0.257 e. The average molecular weight is 206 g/mol. The Kier molecular flexibility index (Phi) is 3.50. The highest BCUT2D eigenvalue weighted by Gasteiger charge is 2.10. The molecule has 0 aliphatic carbocycles. The Morgan fingerprint density at radius 3 is 2.53 bits per heavy atom. The Labute approximate surface area is 86.3 Å². The summed E-state index contributed by atoms with van der Waals surface area (Å²) in [6.07, 6.45) is 0. The van der Waals surface area contributed by atoms with Gasteiger partial charge in [0.2, 0.25) is 5.96 Å². The maximum atomic E-state index is 11.5. The molecule has 0 bridgehead atoms. The van der Waals surface area contributed by atoms with Crippen LogP contribution in [0, 0.1) is 10.3 Å². The number of amides is 1. The van der Waals surface area contributed by atoms with Gasteiger partial charge in [-0.25, -0.2) is 5.01 Å². The van der Waals surface area contributed by atoms with E-state index in [2.05, 4.69) is 10.6 Å². The summed E-state index contributed by atoms with van der Waals surface area (Å²) in [5.74, 6) is -0.810. The third-order valence-electron chi connectivity index (χ3n) is 1.71. The molecular formula is C9H10N4O2. The van der Waals surface area contributed by atoms with Gasteiger partial charge in [0, 0.05) is 12.6 Å². The third-order valence-corrected chi connectivity index (χ3v) is 1.71. The first-order valence-electron chi connectivity index (χ1n) is 4.17. The minimum absolute atomic E-state index is 0.362. The first kappa shape index (κ1) is 10.8. The van der Waals surface area contributed by atoms with Crippen LogP contribution in [0.15, 0.2) is 35.6 Å². The van der Waals surface area contributed by atoms with Gasteiger partial charge >= 0.3 is 0 Å². The summed E-state index contributed by atoms with van der Waals surface area (Å²) in [4.78, 5) is 21.5. The molecule has 0 saturated heterocycles. The van der Waals surface area contributed by atoms with Crippen LogP contribution in [-0.4, -0.2) is 23.9 Å². The van der Waals surface area contributed by atoms with Crippen molar-refractivity contribution in [3.8, 4) is 0 Å². The van der Waals surface area contributed by atoms with Crippen LogP contribution in [0.2, 0.25) is 0 Å². The lowest BCUT2D eigenvalue weighted by atomic mass is 10.2. The summed E-state index contributed by atoms with van der Waals surface area (Å²) < 4.78 is 0. The van der Waals surface area contributed by atoms with Gasteiger partial charge in [0.15, 0.2) is 0 Å². The molecule has 0 saturated carbocycles. The molecule has 6 heteroatoms. The fourth-order valence-electron chi connectivity index (χ4n) is 0.891. The molecule has 0 unspecified atom stereocenters. The molecule has 0 fully saturated rings. The fourth-order valence-corrected chi connectivity index (χ4v) is 0.891.